The molecule has 1 aromatic carbocycles. The SMILES string of the molecule is Cc1cc(N)c2c(c1)CC(CO)(C1CCNCC1)O2. The van der Waals surface area contributed by atoms with Crippen molar-refractivity contribution in [2.24, 2.45) is 5.92 Å². The first-order valence-electron chi connectivity index (χ1n) is 7.04. The fourth-order valence-electron chi connectivity index (χ4n) is 3.49. The second-order valence-corrected chi connectivity index (χ2v) is 5.87. The zero-order valence-corrected chi connectivity index (χ0v) is 11.4. The highest BCUT2D eigenvalue weighted by Crippen LogP contribution is 2.45. The summed E-state index contributed by atoms with van der Waals surface area (Å²) in [6, 6.07) is 4.07. The number of rotatable bonds is 2. The van der Waals surface area contributed by atoms with E-state index < -0.39 is 5.60 Å². The number of hydrogen-bond donors (Lipinski definition) is 3. The van der Waals surface area contributed by atoms with Crippen molar-refractivity contribution in [1.29, 1.82) is 0 Å². The van der Waals surface area contributed by atoms with Gasteiger partial charge >= 0.3 is 0 Å². The highest BCUT2D eigenvalue weighted by Gasteiger charge is 2.46. The first kappa shape index (κ1) is 12.8. The van der Waals surface area contributed by atoms with Gasteiger partial charge in [0.2, 0.25) is 0 Å². The van der Waals surface area contributed by atoms with Gasteiger partial charge in [-0.2, -0.15) is 0 Å². The van der Waals surface area contributed by atoms with Gasteiger partial charge in [0.25, 0.3) is 0 Å². The van der Waals surface area contributed by atoms with Crippen LogP contribution in [0.5, 0.6) is 5.75 Å². The molecule has 2 aliphatic rings. The molecule has 0 radical (unpaired) electrons. The average Bonchev–Trinajstić information content (AvgIpc) is 2.80. The minimum absolute atomic E-state index is 0.0604. The smallest absolute Gasteiger partial charge is 0.146 e. The van der Waals surface area contributed by atoms with Crippen molar-refractivity contribution in [3.63, 3.8) is 0 Å². The molecule has 4 nitrogen and oxygen atoms in total. The van der Waals surface area contributed by atoms with E-state index in [0.29, 0.717) is 11.6 Å². The summed E-state index contributed by atoms with van der Waals surface area (Å²) in [5.41, 5.74) is 8.58. The van der Waals surface area contributed by atoms with Gasteiger partial charge in [0.05, 0.1) is 12.3 Å². The number of nitrogens with one attached hydrogen (secondary N) is 1. The number of nitrogens with two attached hydrogens (primary N) is 1. The molecule has 3 rings (SSSR count). The summed E-state index contributed by atoms with van der Waals surface area (Å²) < 4.78 is 6.17. The highest BCUT2D eigenvalue weighted by atomic mass is 16.5. The standard InChI is InChI=1S/C15H22N2O2/c1-10-6-11-8-15(9-18,12-2-4-17-5-3-12)19-14(11)13(16)7-10/h6-7,12,17-18H,2-5,8-9,16H2,1H3. The predicted molar refractivity (Wildman–Crippen MR) is 75.3 cm³/mol. The number of aliphatic hydroxyl groups is 1. The van der Waals surface area contributed by atoms with Gasteiger partial charge in [-0.05, 0) is 44.5 Å². The van der Waals surface area contributed by atoms with Gasteiger partial charge in [0.1, 0.15) is 11.4 Å². The molecule has 0 bridgehead atoms. The molecule has 1 fully saturated rings. The second kappa shape index (κ2) is 4.69. The zero-order chi connectivity index (χ0) is 13.5. The number of ether oxygens (including phenoxy) is 1. The Morgan fingerprint density at radius 3 is 2.84 bits per heavy atom. The lowest BCUT2D eigenvalue weighted by atomic mass is 9.78. The summed E-state index contributed by atoms with van der Waals surface area (Å²) >= 11 is 0. The van der Waals surface area contributed by atoms with Crippen LogP contribution in [0.3, 0.4) is 0 Å². The van der Waals surface area contributed by atoms with Crippen molar-refractivity contribution in [3.8, 4) is 5.75 Å². The minimum Gasteiger partial charge on any atom is -0.482 e. The molecule has 0 aromatic heterocycles. The molecule has 4 heteroatoms. The summed E-state index contributed by atoms with van der Waals surface area (Å²) in [6.07, 6.45) is 2.87. The molecule has 0 saturated carbocycles. The zero-order valence-electron chi connectivity index (χ0n) is 11.4. The normalized spacial score (nSPS) is 27.1. The maximum atomic E-state index is 9.91. The quantitative estimate of drug-likeness (QED) is 0.702. The topological polar surface area (TPSA) is 67.5 Å². The Bertz CT molecular complexity index is 483. The van der Waals surface area contributed by atoms with Crippen molar-refractivity contribution in [1.82, 2.24) is 5.32 Å². The molecular weight excluding hydrogens is 240 g/mol. The van der Waals surface area contributed by atoms with E-state index in [1.165, 1.54) is 0 Å². The number of aliphatic hydroxyl groups excluding tert-OH is 1. The van der Waals surface area contributed by atoms with Crippen LogP contribution in [0.15, 0.2) is 12.1 Å². The van der Waals surface area contributed by atoms with Gasteiger partial charge in [0.15, 0.2) is 0 Å². The van der Waals surface area contributed by atoms with Crippen LogP contribution in [-0.4, -0.2) is 30.4 Å². The third-order valence-corrected chi connectivity index (χ3v) is 4.48. The molecule has 104 valence electrons. The fraction of sp³-hybridized carbons (Fsp3) is 0.600. The Morgan fingerprint density at radius 1 is 1.42 bits per heavy atom. The molecular formula is C15H22N2O2. The molecule has 2 heterocycles. The van der Waals surface area contributed by atoms with Crippen LogP contribution in [0.1, 0.15) is 24.0 Å². The summed E-state index contributed by atoms with van der Waals surface area (Å²) in [6.45, 7) is 4.10. The molecule has 1 aromatic rings. The van der Waals surface area contributed by atoms with E-state index in [0.717, 1.165) is 49.2 Å². The molecule has 1 atom stereocenters. The van der Waals surface area contributed by atoms with E-state index in [-0.39, 0.29) is 6.61 Å². The van der Waals surface area contributed by atoms with Gasteiger partial charge in [-0.15, -0.1) is 0 Å². The Hall–Kier alpha value is -1.26. The van der Waals surface area contributed by atoms with Crippen LogP contribution in [0, 0.1) is 12.8 Å². The molecule has 0 amide bonds. The Labute approximate surface area is 114 Å². The first-order chi connectivity index (χ1) is 9.14. The lowest BCUT2D eigenvalue weighted by Crippen LogP contribution is -2.50. The predicted octanol–water partition coefficient (Wildman–Crippen LogP) is 1.24. The van der Waals surface area contributed by atoms with Gasteiger partial charge in [-0.1, -0.05) is 6.07 Å². The average molecular weight is 262 g/mol. The van der Waals surface area contributed by atoms with Crippen LogP contribution in [0.4, 0.5) is 5.69 Å². The maximum Gasteiger partial charge on any atom is 0.146 e. The van der Waals surface area contributed by atoms with Gasteiger partial charge < -0.3 is 20.9 Å². The number of fused-ring (bicyclic) bond motifs is 1. The number of benzene rings is 1. The van der Waals surface area contributed by atoms with Crippen LogP contribution in [-0.2, 0) is 6.42 Å². The van der Waals surface area contributed by atoms with Crippen molar-refractivity contribution in [3.05, 3.63) is 23.3 Å². The number of aryl methyl sites for hydroxylation is 1. The third-order valence-electron chi connectivity index (χ3n) is 4.48. The van der Waals surface area contributed by atoms with Crippen LogP contribution < -0.4 is 15.8 Å². The number of anilines is 1. The first-order valence-corrected chi connectivity index (χ1v) is 7.04. The Morgan fingerprint density at radius 2 is 2.16 bits per heavy atom. The largest absolute Gasteiger partial charge is 0.482 e. The van der Waals surface area contributed by atoms with Crippen molar-refractivity contribution >= 4 is 5.69 Å². The molecule has 4 N–H and O–H groups in total. The van der Waals surface area contributed by atoms with E-state index in [1.54, 1.807) is 0 Å². The Kier molecular flexibility index (Phi) is 3.15. The van der Waals surface area contributed by atoms with Crippen LogP contribution in [0.25, 0.3) is 0 Å². The number of nitrogen functional groups attached to an aromatic ring is 1. The van der Waals surface area contributed by atoms with Crippen LogP contribution in [0.2, 0.25) is 0 Å². The summed E-state index contributed by atoms with van der Waals surface area (Å²) in [4.78, 5) is 0. The van der Waals surface area contributed by atoms with Crippen molar-refractivity contribution < 1.29 is 9.84 Å². The molecule has 2 aliphatic heterocycles. The summed E-state index contributed by atoms with van der Waals surface area (Å²) in [5, 5.41) is 13.3. The number of piperidine rings is 1. The molecule has 0 aliphatic carbocycles. The highest BCUT2D eigenvalue weighted by molar-refractivity contribution is 5.61. The van der Waals surface area contributed by atoms with E-state index in [2.05, 4.69) is 11.4 Å². The Balaban J connectivity index is 1.92. The summed E-state index contributed by atoms with van der Waals surface area (Å²) in [5.74, 6) is 1.18. The lowest BCUT2D eigenvalue weighted by molar-refractivity contribution is -0.0319. The van der Waals surface area contributed by atoms with Gasteiger partial charge in [-0.25, -0.2) is 0 Å². The van der Waals surface area contributed by atoms with E-state index >= 15 is 0 Å². The number of hydrogen-bond acceptors (Lipinski definition) is 4. The monoisotopic (exact) mass is 262 g/mol. The third kappa shape index (κ3) is 2.09. The second-order valence-electron chi connectivity index (χ2n) is 5.87. The van der Waals surface area contributed by atoms with Crippen LogP contribution >= 0.6 is 0 Å². The van der Waals surface area contributed by atoms with Gasteiger partial charge in [0, 0.05) is 17.9 Å². The van der Waals surface area contributed by atoms with E-state index in [4.69, 9.17) is 10.5 Å². The van der Waals surface area contributed by atoms with Crippen molar-refractivity contribution in [2.45, 2.75) is 31.8 Å². The lowest BCUT2D eigenvalue weighted by Gasteiger charge is -2.38. The van der Waals surface area contributed by atoms with E-state index in [1.807, 2.05) is 13.0 Å². The molecule has 1 unspecified atom stereocenters. The fourth-order valence-corrected chi connectivity index (χ4v) is 3.49. The van der Waals surface area contributed by atoms with E-state index in [9.17, 15) is 5.11 Å². The molecule has 1 saturated heterocycles. The molecule has 0 spiro atoms. The van der Waals surface area contributed by atoms with Crippen molar-refractivity contribution in [2.75, 3.05) is 25.4 Å². The molecule has 19 heavy (non-hydrogen) atoms. The summed E-state index contributed by atoms with van der Waals surface area (Å²) in [7, 11) is 0. The maximum absolute atomic E-state index is 9.91. The minimum atomic E-state index is -0.466. The van der Waals surface area contributed by atoms with Gasteiger partial charge in [-0.3, -0.25) is 0 Å².